The Balaban J connectivity index is 2.07. The molecule has 0 bridgehead atoms. The van der Waals surface area contributed by atoms with Gasteiger partial charge in [0.25, 0.3) is 0 Å². The second-order valence-corrected chi connectivity index (χ2v) is 5.42. The fraction of sp³-hybridized carbons (Fsp3) is 1.00. The number of rotatable bonds is 7. The van der Waals surface area contributed by atoms with Crippen molar-refractivity contribution in [1.29, 1.82) is 0 Å². The highest BCUT2D eigenvalue weighted by molar-refractivity contribution is 7.98. The van der Waals surface area contributed by atoms with Crippen LogP contribution in [0.25, 0.3) is 0 Å². The number of thioether (sulfide) groups is 1. The molecule has 0 heterocycles. The van der Waals surface area contributed by atoms with Gasteiger partial charge in [-0.3, -0.25) is 0 Å². The van der Waals surface area contributed by atoms with Crippen LogP contribution in [0.15, 0.2) is 0 Å². The molecule has 0 amide bonds. The van der Waals surface area contributed by atoms with E-state index in [0.717, 1.165) is 25.2 Å². The molecule has 0 aromatic rings. The number of ether oxygens (including phenoxy) is 1. The molecule has 1 fully saturated rings. The van der Waals surface area contributed by atoms with E-state index in [2.05, 4.69) is 5.32 Å². The Morgan fingerprint density at radius 3 is 2.73 bits per heavy atom. The molecule has 1 atom stereocenters. The molecular weight excluding hydrogens is 210 g/mol. The molecule has 0 radical (unpaired) electrons. The van der Waals surface area contributed by atoms with Crippen LogP contribution in [-0.2, 0) is 4.74 Å². The van der Waals surface area contributed by atoms with Gasteiger partial charge >= 0.3 is 0 Å². The van der Waals surface area contributed by atoms with Crippen LogP contribution in [0.5, 0.6) is 0 Å². The van der Waals surface area contributed by atoms with E-state index in [4.69, 9.17) is 4.74 Å². The SMILES string of the molecule is CCOC1CC(NCC(C)(O)CSC)C1. The lowest BCUT2D eigenvalue weighted by Crippen LogP contribution is -2.51. The number of hydrogen-bond donors (Lipinski definition) is 2. The van der Waals surface area contributed by atoms with Crippen LogP contribution in [0.4, 0.5) is 0 Å². The highest BCUT2D eigenvalue weighted by Crippen LogP contribution is 2.23. The van der Waals surface area contributed by atoms with Crippen molar-refractivity contribution in [1.82, 2.24) is 5.32 Å². The predicted octanol–water partition coefficient (Wildman–Crippen LogP) is 1.26. The Hall–Kier alpha value is 0.230. The summed E-state index contributed by atoms with van der Waals surface area (Å²) >= 11 is 1.68. The largest absolute Gasteiger partial charge is 0.388 e. The van der Waals surface area contributed by atoms with E-state index < -0.39 is 5.60 Å². The van der Waals surface area contributed by atoms with Crippen molar-refractivity contribution in [2.75, 3.05) is 25.2 Å². The van der Waals surface area contributed by atoms with Crippen molar-refractivity contribution >= 4 is 11.8 Å². The number of nitrogens with one attached hydrogen (secondary N) is 1. The molecule has 4 heteroatoms. The Labute approximate surface area is 97.0 Å². The fourth-order valence-corrected chi connectivity index (χ4v) is 2.55. The van der Waals surface area contributed by atoms with Gasteiger partial charge in [-0.25, -0.2) is 0 Å². The summed E-state index contributed by atoms with van der Waals surface area (Å²) in [5.74, 6) is 0.779. The van der Waals surface area contributed by atoms with E-state index in [0.29, 0.717) is 18.7 Å². The Bertz CT molecular complexity index is 181. The molecule has 0 saturated heterocycles. The van der Waals surface area contributed by atoms with Gasteiger partial charge in [0.1, 0.15) is 0 Å². The standard InChI is InChI=1S/C11H23NO2S/c1-4-14-10-5-9(6-10)12-7-11(2,13)8-15-3/h9-10,12-13H,4-8H2,1-3H3. The normalized spacial score (nSPS) is 29.6. The highest BCUT2D eigenvalue weighted by Gasteiger charge is 2.31. The maximum absolute atomic E-state index is 9.94. The zero-order valence-corrected chi connectivity index (χ0v) is 10.8. The first-order valence-electron chi connectivity index (χ1n) is 5.63. The van der Waals surface area contributed by atoms with Gasteiger partial charge in [-0.05, 0) is 32.9 Å². The molecule has 2 N–H and O–H groups in total. The molecule has 1 aliphatic carbocycles. The van der Waals surface area contributed by atoms with Crippen molar-refractivity contribution < 1.29 is 9.84 Å². The smallest absolute Gasteiger partial charge is 0.0833 e. The molecule has 1 rings (SSSR count). The second kappa shape index (κ2) is 6.09. The molecular formula is C11H23NO2S. The third kappa shape index (κ3) is 4.72. The molecule has 90 valence electrons. The Morgan fingerprint density at radius 2 is 2.20 bits per heavy atom. The molecule has 0 aliphatic heterocycles. The molecule has 0 spiro atoms. The summed E-state index contributed by atoms with van der Waals surface area (Å²) in [6.07, 6.45) is 4.63. The van der Waals surface area contributed by atoms with Gasteiger partial charge in [-0.15, -0.1) is 0 Å². The van der Waals surface area contributed by atoms with Crippen LogP contribution in [0, 0.1) is 0 Å². The van der Waals surface area contributed by atoms with Crippen LogP contribution < -0.4 is 5.32 Å². The number of hydrogen-bond acceptors (Lipinski definition) is 4. The van der Waals surface area contributed by atoms with Crippen molar-refractivity contribution in [3.05, 3.63) is 0 Å². The minimum Gasteiger partial charge on any atom is -0.388 e. The first kappa shape index (κ1) is 13.3. The van der Waals surface area contributed by atoms with E-state index >= 15 is 0 Å². The van der Waals surface area contributed by atoms with Gasteiger partial charge in [0.05, 0.1) is 11.7 Å². The van der Waals surface area contributed by atoms with Crippen LogP contribution in [0.2, 0.25) is 0 Å². The van der Waals surface area contributed by atoms with E-state index in [1.165, 1.54) is 0 Å². The van der Waals surface area contributed by atoms with E-state index in [9.17, 15) is 5.11 Å². The molecule has 1 unspecified atom stereocenters. The number of aliphatic hydroxyl groups is 1. The van der Waals surface area contributed by atoms with Gasteiger partial charge in [0.15, 0.2) is 0 Å². The lowest BCUT2D eigenvalue weighted by molar-refractivity contribution is -0.0161. The molecule has 0 aromatic carbocycles. The minimum atomic E-state index is -0.587. The summed E-state index contributed by atoms with van der Waals surface area (Å²) in [5.41, 5.74) is -0.587. The maximum Gasteiger partial charge on any atom is 0.0833 e. The van der Waals surface area contributed by atoms with Crippen molar-refractivity contribution in [3.8, 4) is 0 Å². The Morgan fingerprint density at radius 1 is 1.53 bits per heavy atom. The van der Waals surface area contributed by atoms with E-state index in [1.54, 1.807) is 11.8 Å². The average Bonchev–Trinajstić information content (AvgIpc) is 2.08. The monoisotopic (exact) mass is 233 g/mol. The maximum atomic E-state index is 9.94. The van der Waals surface area contributed by atoms with Crippen LogP contribution >= 0.6 is 11.8 Å². The highest BCUT2D eigenvalue weighted by atomic mass is 32.2. The third-order valence-electron chi connectivity index (χ3n) is 2.72. The summed E-state index contributed by atoms with van der Waals surface area (Å²) in [5, 5.41) is 13.3. The molecule has 0 aromatic heterocycles. The molecule has 15 heavy (non-hydrogen) atoms. The average molecular weight is 233 g/mol. The van der Waals surface area contributed by atoms with Crippen LogP contribution in [0.1, 0.15) is 26.7 Å². The minimum absolute atomic E-state index is 0.443. The summed E-state index contributed by atoms with van der Waals surface area (Å²) in [6.45, 7) is 5.40. The fourth-order valence-electron chi connectivity index (χ4n) is 1.83. The predicted molar refractivity (Wildman–Crippen MR) is 65.4 cm³/mol. The molecule has 1 aliphatic rings. The Kier molecular flexibility index (Phi) is 5.39. The van der Waals surface area contributed by atoms with Crippen molar-refractivity contribution in [2.24, 2.45) is 0 Å². The topological polar surface area (TPSA) is 41.5 Å². The first-order chi connectivity index (χ1) is 7.07. The van der Waals surface area contributed by atoms with Crippen molar-refractivity contribution in [2.45, 2.75) is 44.4 Å². The third-order valence-corrected chi connectivity index (χ3v) is 3.63. The quantitative estimate of drug-likeness (QED) is 0.694. The van der Waals surface area contributed by atoms with Gasteiger partial charge in [-0.1, -0.05) is 0 Å². The first-order valence-corrected chi connectivity index (χ1v) is 7.03. The van der Waals surface area contributed by atoms with E-state index in [1.807, 2.05) is 20.1 Å². The van der Waals surface area contributed by atoms with Crippen molar-refractivity contribution in [3.63, 3.8) is 0 Å². The summed E-state index contributed by atoms with van der Waals surface area (Å²) in [7, 11) is 0. The van der Waals surface area contributed by atoms with E-state index in [-0.39, 0.29) is 0 Å². The van der Waals surface area contributed by atoms with Gasteiger partial charge in [0, 0.05) is 24.9 Å². The van der Waals surface area contributed by atoms with Crippen LogP contribution in [-0.4, -0.2) is 48.0 Å². The molecule has 1 saturated carbocycles. The van der Waals surface area contributed by atoms with Gasteiger partial charge < -0.3 is 15.2 Å². The lowest BCUT2D eigenvalue weighted by Gasteiger charge is -2.37. The second-order valence-electron chi connectivity index (χ2n) is 4.56. The molecule has 3 nitrogen and oxygen atoms in total. The summed E-state index contributed by atoms with van der Waals surface area (Å²) in [6, 6.07) is 0.537. The zero-order valence-electron chi connectivity index (χ0n) is 9.95. The zero-order chi connectivity index (χ0) is 11.3. The summed E-state index contributed by atoms with van der Waals surface area (Å²) < 4.78 is 5.48. The summed E-state index contributed by atoms with van der Waals surface area (Å²) in [4.78, 5) is 0. The van der Waals surface area contributed by atoms with Crippen LogP contribution in [0.3, 0.4) is 0 Å². The van der Waals surface area contributed by atoms with Gasteiger partial charge in [0.2, 0.25) is 0 Å². The lowest BCUT2D eigenvalue weighted by atomic mass is 9.88. The van der Waals surface area contributed by atoms with Gasteiger partial charge in [-0.2, -0.15) is 11.8 Å².